The zero-order chi connectivity index (χ0) is 10.8. The molecule has 0 saturated heterocycles. The predicted molar refractivity (Wildman–Crippen MR) is 57.8 cm³/mol. The molecule has 0 amide bonds. The van der Waals surface area contributed by atoms with Gasteiger partial charge in [0.2, 0.25) is 0 Å². The minimum absolute atomic E-state index is 0.0425. The quantitative estimate of drug-likeness (QED) is 0.644. The number of rotatable bonds is 2. The number of carboxylic acid groups (broad SMARTS) is 1. The molecule has 2 aromatic heterocycles. The Labute approximate surface area is 93.1 Å². The van der Waals surface area contributed by atoms with Crippen LogP contribution in [-0.2, 0) is 0 Å². The number of hydrogen-bond donors (Lipinski definition) is 1. The summed E-state index contributed by atoms with van der Waals surface area (Å²) >= 11 is 2.75. The third-order valence-corrected chi connectivity index (χ3v) is 3.06. The average molecular weight is 242 g/mol. The van der Waals surface area contributed by atoms with Gasteiger partial charge in [0.1, 0.15) is 10.3 Å². The first-order valence-corrected chi connectivity index (χ1v) is 6.01. The third-order valence-electron chi connectivity index (χ3n) is 1.61. The highest BCUT2D eigenvalue weighted by atomic mass is 32.2. The molecule has 0 fully saturated rings. The van der Waals surface area contributed by atoms with E-state index in [-0.39, 0.29) is 5.88 Å². The van der Waals surface area contributed by atoms with Gasteiger partial charge in [-0.05, 0) is 17.7 Å². The van der Waals surface area contributed by atoms with Gasteiger partial charge >= 0.3 is 6.16 Å². The molecule has 0 aliphatic carbocycles. The molecule has 7 heteroatoms. The first-order chi connectivity index (χ1) is 7.20. The molecule has 0 atom stereocenters. The van der Waals surface area contributed by atoms with E-state index >= 15 is 0 Å². The monoisotopic (exact) mass is 242 g/mol. The molecule has 0 unspecified atom stereocenters. The van der Waals surface area contributed by atoms with Gasteiger partial charge in [-0.3, -0.25) is 0 Å². The van der Waals surface area contributed by atoms with Gasteiger partial charge in [-0.15, -0.1) is 23.1 Å². The molecule has 0 aromatic carbocycles. The van der Waals surface area contributed by atoms with E-state index in [4.69, 9.17) is 5.11 Å². The van der Waals surface area contributed by atoms with Gasteiger partial charge in [-0.2, -0.15) is 0 Å². The van der Waals surface area contributed by atoms with E-state index in [1.807, 2.05) is 5.38 Å². The van der Waals surface area contributed by atoms with Crippen LogP contribution in [0, 0.1) is 0 Å². The topological polar surface area (TPSA) is 72.3 Å². The molecule has 0 aliphatic heterocycles. The molecule has 0 radical (unpaired) electrons. The van der Waals surface area contributed by atoms with Crippen molar-refractivity contribution < 1.29 is 14.6 Å². The minimum Gasteiger partial charge on any atom is -0.449 e. The second kappa shape index (κ2) is 4.03. The van der Waals surface area contributed by atoms with E-state index in [1.165, 1.54) is 23.1 Å². The maximum Gasteiger partial charge on any atom is 0.512 e. The van der Waals surface area contributed by atoms with Crippen molar-refractivity contribution in [2.24, 2.45) is 0 Å². The Morgan fingerprint density at radius 3 is 3.07 bits per heavy atom. The van der Waals surface area contributed by atoms with E-state index < -0.39 is 6.16 Å². The summed E-state index contributed by atoms with van der Waals surface area (Å²) in [5.74, 6) is 0.0425. The number of nitrogens with zero attached hydrogens (tertiary/aromatic N) is 2. The summed E-state index contributed by atoms with van der Waals surface area (Å²) in [6.07, 6.45) is 0.409. The van der Waals surface area contributed by atoms with Crippen LogP contribution in [0.2, 0.25) is 0 Å². The molecule has 2 aromatic rings. The Hall–Kier alpha value is -1.34. The van der Waals surface area contributed by atoms with Crippen LogP contribution in [0.5, 0.6) is 5.88 Å². The molecule has 5 nitrogen and oxygen atoms in total. The maximum absolute atomic E-state index is 10.4. The Balaban J connectivity index is 2.54. The maximum atomic E-state index is 10.4. The zero-order valence-electron chi connectivity index (χ0n) is 7.63. The van der Waals surface area contributed by atoms with Gasteiger partial charge in [0.05, 0.1) is 0 Å². The van der Waals surface area contributed by atoms with Crippen LogP contribution >= 0.6 is 23.1 Å². The summed E-state index contributed by atoms with van der Waals surface area (Å²) in [4.78, 5) is 19.5. The van der Waals surface area contributed by atoms with Crippen LogP contribution in [-0.4, -0.2) is 27.5 Å². The Bertz CT molecular complexity index is 512. The van der Waals surface area contributed by atoms with Crippen LogP contribution in [0.15, 0.2) is 16.5 Å². The van der Waals surface area contributed by atoms with Crippen LogP contribution in [0.25, 0.3) is 10.3 Å². The number of fused-ring (bicyclic) bond motifs is 1. The van der Waals surface area contributed by atoms with Crippen molar-refractivity contribution in [3.8, 4) is 5.88 Å². The standard InChI is InChI=1S/C8H6N2O3S2/c1-14-7-5(13-8(11)12)9-4-2-3-15-6(4)10-7/h2-3H,1H3,(H,11,12). The lowest BCUT2D eigenvalue weighted by molar-refractivity contribution is 0.141. The number of aromatic nitrogens is 2. The third kappa shape index (κ3) is 2.02. The van der Waals surface area contributed by atoms with Crippen molar-refractivity contribution in [1.82, 2.24) is 9.97 Å². The Morgan fingerprint density at radius 1 is 1.60 bits per heavy atom. The lowest BCUT2D eigenvalue weighted by Crippen LogP contribution is -2.06. The van der Waals surface area contributed by atoms with Crippen molar-refractivity contribution >= 4 is 39.6 Å². The normalized spacial score (nSPS) is 10.5. The van der Waals surface area contributed by atoms with Gasteiger partial charge in [0.25, 0.3) is 5.88 Å². The van der Waals surface area contributed by atoms with Crippen molar-refractivity contribution in [2.45, 2.75) is 5.03 Å². The van der Waals surface area contributed by atoms with Crippen molar-refractivity contribution in [3.63, 3.8) is 0 Å². The summed E-state index contributed by atoms with van der Waals surface area (Å²) in [6.45, 7) is 0. The van der Waals surface area contributed by atoms with Crippen LogP contribution in [0.3, 0.4) is 0 Å². The lowest BCUT2D eigenvalue weighted by atomic mass is 10.5. The molecule has 0 spiro atoms. The highest BCUT2D eigenvalue weighted by Crippen LogP contribution is 2.28. The van der Waals surface area contributed by atoms with Gasteiger partial charge in [0, 0.05) is 0 Å². The van der Waals surface area contributed by atoms with E-state index in [1.54, 1.807) is 12.3 Å². The number of thiophene rings is 1. The number of hydrogen-bond acceptors (Lipinski definition) is 6. The molecule has 78 valence electrons. The fourth-order valence-electron chi connectivity index (χ4n) is 1.04. The number of carbonyl (C=O) groups is 1. The highest BCUT2D eigenvalue weighted by Gasteiger charge is 2.13. The molecule has 0 saturated carbocycles. The summed E-state index contributed by atoms with van der Waals surface area (Å²) in [6, 6.07) is 1.77. The fraction of sp³-hybridized carbons (Fsp3) is 0.125. The molecule has 15 heavy (non-hydrogen) atoms. The molecule has 2 rings (SSSR count). The molecule has 0 aliphatic rings. The lowest BCUT2D eigenvalue weighted by Gasteiger charge is -2.03. The first kappa shape index (κ1) is 10.2. The van der Waals surface area contributed by atoms with Crippen molar-refractivity contribution in [2.75, 3.05) is 6.26 Å². The van der Waals surface area contributed by atoms with Gasteiger partial charge in [-0.1, -0.05) is 0 Å². The number of ether oxygens (including phenoxy) is 1. The van der Waals surface area contributed by atoms with Crippen molar-refractivity contribution in [3.05, 3.63) is 11.4 Å². The average Bonchev–Trinajstić information content (AvgIpc) is 2.62. The first-order valence-electron chi connectivity index (χ1n) is 3.90. The smallest absolute Gasteiger partial charge is 0.449 e. The fourth-order valence-corrected chi connectivity index (χ4v) is 2.25. The van der Waals surface area contributed by atoms with E-state index in [0.29, 0.717) is 10.5 Å². The van der Waals surface area contributed by atoms with Gasteiger partial charge in [-0.25, -0.2) is 14.8 Å². The van der Waals surface area contributed by atoms with E-state index in [0.717, 1.165) is 4.83 Å². The molecular formula is C8H6N2O3S2. The summed E-state index contributed by atoms with van der Waals surface area (Å²) < 4.78 is 4.54. The second-order valence-corrected chi connectivity index (χ2v) is 4.21. The van der Waals surface area contributed by atoms with Crippen LogP contribution < -0.4 is 4.74 Å². The SMILES string of the molecule is CSc1nc2sccc2nc1OC(=O)O. The van der Waals surface area contributed by atoms with E-state index in [2.05, 4.69) is 14.7 Å². The Kier molecular flexibility index (Phi) is 2.74. The number of thioether (sulfide) groups is 1. The minimum atomic E-state index is -1.38. The summed E-state index contributed by atoms with van der Waals surface area (Å²) in [5.41, 5.74) is 0.647. The highest BCUT2D eigenvalue weighted by molar-refractivity contribution is 7.98. The largest absolute Gasteiger partial charge is 0.512 e. The Morgan fingerprint density at radius 2 is 2.40 bits per heavy atom. The molecule has 1 N–H and O–H groups in total. The zero-order valence-corrected chi connectivity index (χ0v) is 9.26. The summed E-state index contributed by atoms with van der Waals surface area (Å²) in [5, 5.41) is 10.8. The molecule has 2 heterocycles. The van der Waals surface area contributed by atoms with Crippen molar-refractivity contribution in [1.29, 1.82) is 0 Å². The van der Waals surface area contributed by atoms with E-state index in [9.17, 15) is 4.79 Å². The van der Waals surface area contributed by atoms with Crippen LogP contribution in [0.1, 0.15) is 0 Å². The van der Waals surface area contributed by atoms with Gasteiger partial charge < -0.3 is 9.84 Å². The second-order valence-electron chi connectivity index (χ2n) is 2.52. The molecule has 0 bridgehead atoms. The predicted octanol–water partition coefficient (Wildman–Crippen LogP) is 2.47. The van der Waals surface area contributed by atoms with Crippen LogP contribution in [0.4, 0.5) is 4.79 Å². The van der Waals surface area contributed by atoms with Gasteiger partial charge in [0.15, 0.2) is 5.03 Å². The molecular weight excluding hydrogens is 236 g/mol. The summed E-state index contributed by atoms with van der Waals surface area (Å²) in [7, 11) is 0.